The molecular formula is C18H26O6. The third-order valence-electron chi connectivity index (χ3n) is 6.07. The number of allylic oxidation sites excluding steroid dienone is 1. The summed E-state index contributed by atoms with van der Waals surface area (Å²) in [4.78, 5) is 24.1. The number of hydrogen-bond donors (Lipinski definition) is 0. The van der Waals surface area contributed by atoms with Crippen LogP contribution in [0.5, 0.6) is 0 Å². The van der Waals surface area contributed by atoms with Crippen LogP contribution in [0.1, 0.15) is 39.0 Å². The van der Waals surface area contributed by atoms with Gasteiger partial charge in [-0.15, -0.1) is 0 Å². The number of hydrogen-bond acceptors (Lipinski definition) is 6. The summed E-state index contributed by atoms with van der Waals surface area (Å²) in [6.07, 6.45) is 5.44. The topological polar surface area (TPSA) is 71.1 Å². The Bertz CT molecular complexity index is 548. The summed E-state index contributed by atoms with van der Waals surface area (Å²) in [5, 5.41) is 0. The van der Waals surface area contributed by atoms with E-state index in [1.54, 1.807) is 0 Å². The summed E-state index contributed by atoms with van der Waals surface area (Å²) >= 11 is 0. The van der Waals surface area contributed by atoms with Crippen LogP contribution >= 0.6 is 0 Å². The number of rotatable bonds is 4. The van der Waals surface area contributed by atoms with Crippen LogP contribution in [0.3, 0.4) is 0 Å². The molecule has 1 saturated carbocycles. The molecule has 134 valence electrons. The van der Waals surface area contributed by atoms with Crippen LogP contribution in [0.4, 0.5) is 0 Å². The Balaban J connectivity index is 1.80. The van der Waals surface area contributed by atoms with Gasteiger partial charge in [0.25, 0.3) is 0 Å². The van der Waals surface area contributed by atoms with Gasteiger partial charge in [-0.3, -0.25) is 9.59 Å². The van der Waals surface area contributed by atoms with E-state index in [0.29, 0.717) is 13.2 Å². The maximum absolute atomic E-state index is 12.3. The highest BCUT2D eigenvalue weighted by atomic mass is 16.7. The van der Waals surface area contributed by atoms with Gasteiger partial charge in [0.05, 0.1) is 39.8 Å². The molecule has 3 rings (SSSR count). The first kappa shape index (κ1) is 17.4. The van der Waals surface area contributed by atoms with Gasteiger partial charge in [0.1, 0.15) is 0 Å². The quantitative estimate of drug-likeness (QED) is 0.578. The lowest BCUT2D eigenvalue weighted by molar-refractivity contribution is -0.180. The Kier molecular flexibility index (Phi) is 4.71. The largest absolute Gasteiger partial charge is 0.469 e. The maximum atomic E-state index is 12.3. The molecule has 2 aliphatic carbocycles. The summed E-state index contributed by atoms with van der Waals surface area (Å²) < 4.78 is 21.4. The molecule has 3 atom stereocenters. The van der Waals surface area contributed by atoms with Gasteiger partial charge in [-0.25, -0.2) is 0 Å². The molecular weight excluding hydrogens is 312 g/mol. The Hall–Kier alpha value is -1.40. The van der Waals surface area contributed by atoms with E-state index in [-0.39, 0.29) is 29.7 Å². The van der Waals surface area contributed by atoms with Gasteiger partial charge in [-0.05, 0) is 24.2 Å². The van der Waals surface area contributed by atoms with Crippen molar-refractivity contribution in [2.45, 2.75) is 44.8 Å². The molecule has 0 N–H and O–H groups in total. The van der Waals surface area contributed by atoms with Crippen molar-refractivity contribution in [3.05, 3.63) is 11.6 Å². The molecule has 3 aliphatic rings. The highest BCUT2D eigenvalue weighted by molar-refractivity contribution is 5.80. The van der Waals surface area contributed by atoms with Gasteiger partial charge in [0.2, 0.25) is 0 Å². The Labute approximate surface area is 142 Å². The van der Waals surface area contributed by atoms with E-state index in [1.165, 1.54) is 19.8 Å². The normalized spacial score (nSPS) is 32.1. The Morgan fingerprint density at radius 3 is 2.58 bits per heavy atom. The first-order valence-electron chi connectivity index (χ1n) is 8.56. The predicted octanol–water partition coefficient (Wildman–Crippen LogP) is 2.22. The van der Waals surface area contributed by atoms with E-state index < -0.39 is 11.7 Å². The molecule has 2 fully saturated rings. The molecule has 1 aliphatic heterocycles. The minimum absolute atomic E-state index is 0.0396. The Morgan fingerprint density at radius 1 is 1.25 bits per heavy atom. The van der Waals surface area contributed by atoms with Crippen LogP contribution in [0, 0.1) is 17.3 Å². The average molecular weight is 338 g/mol. The monoisotopic (exact) mass is 338 g/mol. The highest BCUT2D eigenvalue weighted by Crippen LogP contribution is 2.58. The second kappa shape index (κ2) is 6.48. The Morgan fingerprint density at radius 2 is 1.96 bits per heavy atom. The molecule has 0 aromatic heterocycles. The van der Waals surface area contributed by atoms with Crippen LogP contribution in [0.25, 0.3) is 0 Å². The van der Waals surface area contributed by atoms with E-state index in [4.69, 9.17) is 18.9 Å². The smallest absolute Gasteiger partial charge is 0.309 e. The molecule has 0 aromatic rings. The highest BCUT2D eigenvalue weighted by Gasteiger charge is 2.54. The fraction of sp³-hybridized carbons (Fsp3) is 0.778. The van der Waals surface area contributed by atoms with Crippen LogP contribution in [-0.2, 0) is 28.5 Å². The number of ether oxygens (including phenoxy) is 4. The molecule has 0 amide bonds. The SMILES string of the molecule is COC(=O)C[C@H](C(=O)OC)[C@@H]1CC=C2CC3(CC[C@]21C)OCCO3. The van der Waals surface area contributed by atoms with Gasteiger partial charge in [0, 0.05) is 12.8 Å². The van der Waals surface area contributed by atoms with Gasteiger partial charge in [-0.2, -0.15) is 0 Å². The molecule has 1 spiro atoms. The van der Waals surface area contributed by atoms with Crippen LogP contribution in [0.2, 0.25) is 0 Å². The summed E-state index contributed by atoms with van der Waals surface area (Å²) in [5.41, 5.74) is 1.15. The first-order chi connectivity index (χ1) is 11.4. The zero-order valence-electron chi connectivity index (χ0n) is 14.6. The van der Waals surface area contributed by atoms with Crippen LogP contribution in [-0.4, -0.2) is 45.2 Å². The van der Waals surface area contributed by atoms with Crippen molar-refractivity contribution >= 4 is 11.9 Å². The molecule has 6 heteroatoms. The zero-order chi connectivity index (χ0) is 17.4. The van der Waals surface area contributed by atoms with Gasteiger partial charge >= 0.3 is 11.9 Å². The van der Waals surface area contributed by atoms with Crippen molar-refractivity contribution in [2.24, 2.45) is 17.3 Å². The molecule has 1 saturated heterocycles. The van der Waals surface area contributed by atoms with E-state index in [1.807, 2.05) is 0 Å². The van der Waals surface area contributed by atoms with Crippen molar-refractivity contribution in [3.8, 4) is 0 Å². The molecule has 0 unspecified atom stereocenters. The third-order valence-corrected chi connectivity index (χ3v) is 6.07. The van der Waals surface area contributed by atoms with E-state index in [0.717, 1.165) is 25.7 Å². The maximum Gasteiger partial charge on any atom is 0.309 e. The molecule has 6 nitrogen and oxygen atoms in total. The third kappa shape index (κ3) is 2.86. The number of fused-ring (bicyclic) bond motifs is 1. The average Bonchev–Trinajstić information content (AvgIpc) is 3.17. The lowest BCUT2D eigenvalue weighted by atomic mass is 9.62. The van der Waals surface area contributed by atoms with Crippen molar-refractivity contribution in [1.82, 2.24) is 0 Å². The lowest BCUT2D eigenvalue weighted by Gasteiger charge is -2.46. The molecule has 0 radical (unpaired) electrons. The summed E-state index contributed by atoms with van der Waals surface area (Å²) in [6.45, 7) is 3.46. The van der Waals surface area contributed by atoms with Crippen molar-refractivity contribution in [2.75, 3.05) is 27.4 Å². The minimum Gasteiger partial charge on any atom is -0.469 e. The lowest BCUT2D eigenvalue weighted by Crippen LogP contribution is -2.44. The van der Waals surface area contributed by atoms with Gasteiger partial charge in [-0.1, -0.05) is 18.6 Å². The number of carbonyl (C=O) groups excluding carboxylic acids is 2. The molecule has 0 aromatic carbocycles. The molecule has 1 heterocycles. The van der Waals surface area contributed by atoms with Crippen molar-refractivity contribution < 1.29 is 28.5 Å². The second-order valence-corrected chi connectivity index (χ2v) is 7.18. The zero-order valence-corrected chi connectivity index (χ0v) is 14.6. The van der Waals surface area contributed by atoms with Crippen LogP contribution < -0.4 is 0 Å². The van der Waals surface area contributed by atoms with E-state index >= 15 is 0 Å². The second-order valence-electron chi connectivity index (χ2n) is 7.18. The predicted molar refractivity (Wildman–Crippen MR) is 84.9 cm³/mol. The first-order valence-corrected chi connectivity index (χ1v) is 8.56. The fourth-order valence-corrected chi connectivity index (χ4v) is 4.61. The number of carbonyl (C=O) groups is 2. The van der Waals surface area contributed by atoms with Crippen LogP contribution in [0.15, 0.2) is 11.6 Å². The standard InChI is InChI=1S/C18H26O6/c1-17-6-7-18(23-8-9-24-18)11-12(17)4-5-14(17)13(16(20)22-3)10-15(19)21-2/h4,13-14H,5-11H2,1-3H3/t13-,14-,17+/m0/s1. The number of esters is 2. The van der Waals surface area contributed by atoms with Crippen molar-refractivity contribution in [1.29, 1.82) is 0 Å². The fourth-order valence-electron chi connectivity index (χ4n) is 4.61. The summed E-state index contributed by atoms with van der Waals surface area (Å²) in [5.74, 6) is -1.64. The van der Waals surface area contributed by atoms with E-state index in [9.17, 15) is 9.59 Å². The summed E-state index contributed by atoms with van der Waals surface area (Å²) in [6, 6.07) is 0. The summed E-state index contributed by atoms with van der Waals surface area (Å²) in [7, 11) is 2.71. The number of methoxy groups -OCH3 is 2. The van der Waals surface area contributed by atoms with E-state index in [2.05, 4.69) is 13.0 Å². The molecule has 24 heavy (non-hydrogen) atoms. The molecule has 0 bridgehead atoms. The van der Waals surface area contributed by atoms with Gasteiger partial charge < -0.3 is 18.9 Å². The van der Waals surface area contributed by atoms with Gasteiger partial charge in [0.15, 0.2) is 5.79 Å². The minimum atomic E-state index is -0.485. The van der Waals surface area contributed by atoms with Crippen molar-refractivity contribution in [3.63, 3.8) is 0 Å².